The van der Waals surface area contributed by atoms with Gasteiger partial charge in [-0.25, -0.2) is 9.78 Å². The quantitative estimate of drug-likeness (QED) is 0.304. The third-order valence-corrected chi connectivity index (χ3v) is 4.95. The zero-order valence-corrected chi connectivity index (χ0v) is 19.3. The van der Waals surface area contributed by atoms with Crippen LogP contribution in [0, 0.1) is 0 Å². The number of unbranched alkanes of at least 4 members (excludes halogenated alkanes) is 1. The number of carbonyl (C=O) groups excluding carboxylic acids is 1. The lowest BCUT2D eigenvalue weighted by molar-refractivity contribution is -0.138. The Labute approximate surface area is 194 Å². The number of methoxy groups -OCH3 is 1. The number of nitrogens with two attached hydrogens (primary N) is 1. The van der Waals surface area contributed by atoms with Crippen LogP contribution in [0.2, 0.25) is 0 Å². The molecule has 0 aliphatic rings. The van der Waals surface area contributed by atoms with E-state index in [-0.39, 0.29) is 25.0 Å². The van der Waals surface area contributed by atoms with Crippen molar-refractivity contribution in [1.82, 2.24) is 9.97 Å². The Hall–Kier alpha value is -3.62. The van der Waals surface area contributed by atoms with Crippen LogP contribution in [0.4, 0.5) is 11.8 Å². The van der Waals surface area contributed by atoms with E-state index < -0.39 is 11.9 Å². The molecule has 9 nitrogen and oxygen atoms in total. The Morgan fingerprint density at radius 2 is 2.00 bits per heavy atom. The van der Waals surface area contributed by atoms with Gasteiger partial charge in [0.2, 0.25) is 5.95 Å². The summed E-state index contributed by atoms with van der Waals surface area (Å²) in [5.74, 6) is -0.277. The van der Waals surface area contributed by atoms with Gasteiger partial charge in [0.1, 0.15) is 11.6 Å². The molecule has 4 N–H and O–H groups in total. The fourth-order valence-electron chi connectivity index (χ4n) is 3.41. The molecule has 0 aliphatic heterocycles. The number of para-hydroxylation sites is 1. The van der Waals surface area contributed by atoms with Gasteiger partial charge >= 0.3 is 11.9 Å². The molecule has 0 amide bonds. The summed E-state index contributed by atoms with van der Waals surface area (Å²) in [5.41, 5.74) is 7.95. The molecule has 0 spiro atoms. The van der Waals surface area contributed by atoms with Gasteiger partial charge in [0.15, 0.2) is 0 Å². The Morgan fingerprint density at radius 1 is 1.24 bits per heavy atom. The number of hydrogen-bond acceptors (Lipinski definition) is 8. The van der Waals surface area contributed by atoms with Crippen molar-refractivity contribution in [2.45, 2.75) is 52.0 Å². The van der Waals surface area contributed by atoms with Gasteiger partial charge in [-0.2, -0.15) is 4.98 Å². The van der Waals surface area contributed by atoms with Gasteiger partial charge in [-0.1, -0.05) is 38.0 Å². The summed E-state index contributed by atoms with van der Waals surface area (Å²) >= 11 is 0. The maximum absolute atomic E-state index is 11.9. The van der Waals surface area contributed by atoms with E-state index in [2.05, 4.69) is 15.3 Å². The first-order valence-corrected chi connectivity index (χ1v) is 11.0. The minimum Gasteiger partial charge on any atom is -0.496 e. The van der Waals surface area contributed by atoms with E-state index in [0.717, 1.165) is 18.4 Å². The SMILES string of the molecule is CCCCC(CC(=O)O)Nc1nc(N)nc(/C=C/C(=O)OCC)c1Cc1ccccc1OC. The van der Waals surface area contributed by atoms with E-state index in [4.69, 9.17) is 15.2 Å². The fourth-order valence-corrected chi connectivity index (χ4v) is 3.41. The van der Waals surface area contributed by atoms with Crippen molar-refractivity contribution in [2.24, 2.45) is 0 Å². The lowest BCUT2D eigenvalue weighted by Crippen LogP contribution is -2.25. The monoisotopic (exact) mass is 456 g/mol. The highest BCUT2D eigenvalue weighted by molar-refractivity contribution is 5.87. The average molecular weight is 457 g/mol. The smallest absolute Gasteiger partial charge is 0.330 e. The molecule has 0 radical (unpaired) electrons. The van der Waals surface area contributed by atoms with E-state index >= 15 is 0 Å². The molecule has 0 aliphatic carbocycles. The number of aliphatic carboxylic acids is 1. The van der Waals surface area contributed by atoms with E-state index in [1.165, 1.54) is 12.2 Å². The van der Waals surface area contributed by atoms with Crippen LogP contribution in [-0.2, 0) is 20.7 Å². The van der Waals surface area contributed by atoms with Crippen LogP contribution in [0.3, 0.4) is 0 Å². The van der Waals surface area contributed by atoms with Crippen molar-refractivity contribution in [3.63, 3.8) is 0 Å². The molecule has 0 saturated heterocycles. The largest absolute Gasteiger partial charge is 0.496 e. The van der Waals surface area contributed by atoms with E-state index in [1.807, 2.05) is 31.2 Å². The van der Waals surface area contributed by atoms with Crippen molar-refractivity contribution >= 4 is 29.8 Å². The van der Waals surface area contributed by atoms with Gasteiger partial charge in [0.25, 0.3) is 0 Å². The third kappa shape index (κ3) is 8.10. The van der Waals surface area contributed by atoms with Crippen LogP contribution in [0.1, 0.15) is 56.4 Å². The number of carbonyl (C=O) groups is 2. The molecule has 0 bridgehead atoms. The zero-order chi connectivity index (χ0) is 24.2. The summed E-state index contributed by atoms with van der Waals surface area (Å²) < 4.78 is 10.5. The van der Waals surface area contributed by atoms with E-state index in [9.17, 15) is 14.7 Å². The summed E-state index contributed by atoms with van der Waals surface area (Å²) in [6, 6.07) is 7.20. The molecule has 1 aromatic heterocycles. The number of rotatable bonds is 13. The number of nitrogens with one attached hydrogen (secondary N) is 1. The Morgan fingerprint density at radius 3 is 2.67 bits per heavy atom. The molecule has 0 fully saturated rings. The molecular formula is C24H32N4O5. The van der Waals surface area contributed by atoms with Crippen molar-refractivity contribution in [2.75, 3.05) is 24.8 Å². The fraction of sp³-hybridized carbons (Fsp3) is 0.417. The van der Waals surface area contributed by atoms with Gasteiger partial charge < -0.3 is 25.6 Å². The van der Waals surface area contributed by atoms with E-state index in [0.29, 0.717) is 35.7 Å². The highest BCUT2D eigenvalue weighted by Crippen LogP contribution is 2.28. The second-order valence-electron chi connectivity index (χ2n) is 7.45. The normalized spacial score (nSPS) is 11.8. The lowest BCUT2D eigenvalue weighted by Gasteiger charge is -2.21. The summed E-state index contributed by atoms with van der Waals surface area (Å²) in [6.45, 7) is 4.03. The molecular weight excluding hydrogens is 424 g/mol. The number of hydrogen-bond donors (Lipinski definition) is 3. The first-order chi connectivity index (χ1) is 15.9. The zero-order valence-electron chi connectivity index (χ0n) is 19.3. The number of anilines is 2. The molecule has 178 valence electrons. The number of benzene rings is 1. The van der Waals surface area contributed by atoms with Crippen molar-refractivity contribution in [3.8, 4) is 5.75 Å². The van der Waals surface area contributed by atoms with Crippen LogP contribution in [0.15, 0.2) is 30.3 Å². The number of nitrogens with zero attached hydrogens (tertiary/aromatic N) is 2. The first-order valence-electron chi connectivity index (χ1n) is 11.0. The van der Waals surface area contributed by atoms with Crippen molar-refractivity contribution in [3.05, 3.63) is 47.2 Å². The first kappa shape index (κ1) is 25.6. The van der Waals surface area contributed by atoms with Gasteiger partial charge in [-0.3, -0.25) is 4.79 Å². The predicted molar refractivity (Wildman–Crippen MR) is 127 cm³/mol. The number of carboxylic acid groups (broad SMARTS) is 1. The van der Waals surface area contributed by atoms with Crippen molar-refractivity contribution < 1.29 is 24.2 Å². The molecule has 2 rings (SSSR count). The minimum atomic E-state index is -0.903. The van der Waals surface area contributed by atoms with Gasteiger partial charge in [0, 0.05) is 24.1 Å². The number of carboxylic acids is 1. The Balaban J connectivity index is 2.53. The van der Waals surface area contributed by atoms with Crippen LogP contribution in [-0.4, -0.2) is 46.8 Å². The maximum atomic E-state index is 11.9. The Bertz CT molecular complexity index is 977. The molecule has 1 unspecified atom stereocenters. The van der Waals surface area contributed by atoms with Crippen LogP contribution in [0.25, 0.3) is 6.08 Å². The topological polar surface area (TPSA) is 137 Å². The molecule has 2 aromatic rings. The molecule has 33 heavy (non-hydrogen) atoms. The molecule has 1 aromatic carbocycles. The third-order valence-electron chi connectivity index (χ3n) is 4.95. The molecule has 0 saturated carbocycles. The second-order valence-corrected chi connectivity index (χ2v) is 7.45. The number of ether oxygens (including phenoxy) is 2. The minimum absolute atomic E-state index is 0.00866. The lowest BCUT2D eigenvalue weighted by atomic mass is 10.0. The van der Waals surface area contributed by atoms with Crippen molar-refractivity contribution in [1.29, 1.82) is 0 Å². The standard InChI is InChI=1S/C24H32N4O5/c1-4-6-10-17(15-21(29)30)26-23-18(14-16-9-7-8-11-20(16)32-3)19(27-24(25)28-23)12-13-22(31)33-5-2/h7-9,11-13,17H,4-6,10,14-15H2,1-3H3,(H,29,30)(H3,25,26,27,28)/b13-12+. The van der Waals surface area contributed by atoms with Crippen LogP contribution in [0.5, 0.6) is 5.75 Å². The average Bonchev–Trinajstić information content (AvgIpc) is 2.78. The maximum Gasteiger partial charge on any atom is 0.330 e. The second kappa shape index (κ2) is 13.0. The summed E-state index contributed by atoms with van der Waals surface area (Å²) in [7, 11) is 1.59. The Kier molecular flexibility index (Phi) is 10.1. The number of aromatic nitrogens is 2. The highest BCUT2D eigenvalue weighted by atomic mass is 16.5. The van der Waals surface area contributed by atoms with Gasteiger partial charge in [-0.15, -0.1) is 0 Å². The van der Waals surface area contributed by atoms with Crippen LogP contribution >= 0.6 is 0 Å². The number of esters is 1. The summed E-state index contributed by atoms with van der Waals surface area (Å²) in [6.07, 6.45) is 5.59. The number of nitrogen functional groups attached to an aromatic ring is 1. The highest BCUT2D eigenvalue weighted by Gasteiger charge is 2.20. The predicted octanol–water partition coefficient (Wildman–Crippen LogP) is 3.68. The molecule has 1 heterocycles. The van der Waals surface area contributed by atoms with Crippen LogP contribution < -0.4 is 15.8 Å². The summed E-state index contributed by atoms with van der Waals surface area (Å²) in [5, 5.41) is 12.6. The molecule has 9 heteroatoms. The summed E-state index contributed by atoms with van der Waals surface area (Å²) in [4.78, 5) is 32.0. The van der Waals surface area contributed by atoms with Gasteiger partial charge in [0.05, 0.1) is 25.8 Å². The van der Waals surface area contributed by atoms with E-state index in [1.54, 1.807) is 14.0 Å². The van der Waals surface area contributed by atoms with Gasteiger partial charge in [-0.05, 0) is 31.1 Å². The molecule has 1 atom stereocenters.